The van der Waals surface area contributed by atoms with Crippen LogP contribution in [0.4, 0.5) is 0 Å². The number of ether oxygens (including phenoxy) is 2. The first-order valence-corrected chi connectivity index (χ1v) is 9.71. The van der Waals surface area contributed by atoms with E-state index >= 15 is 0 Å². The van der Waals surface area contributed by atoms with Gasteiger partial charge in [0.15, 0.2) is 11.6 Å². The minimum Gasteiger partial charge on any atom is -0.347 e. The van der Waals surface area contributed by atoms with Crippen LogP contribution in [0.25, 0.3) is 0 Å². The Morgan fingerprint density at radius 2 is 1.62 bits per heavy atom. The van der Waals surface area contributed by atoms with E-state index in [1.807, 2.05) is 48.5 Å². The zero-order chi connectivity index (χ0) is 17.8. The lowest BCUT2D eigenvalue weighted by atomic mass is 9.87. The molecular weight excluding hydrogens is 324 g/mol. The first-order valence-electron chi connectivity index (χ1n) is 9.71. The SMILES string of the molecule is O=C(C[C@@H](c1ccccc1)[C@H]1COC2(CCCCC2)O1)c1ccccc1. The van der Waals surface area contributed by atoms with Crippen LogP contribution in [0.15, 0.2) is 60.7 Å². The van der Waals surface area contributed by atoms with Crippen LogP contribution in [0.5, 0.6) is 0 Å². The molecule has 2 aliphatic rings. The zero-order valence-corrected chi connectivity index (χ0v) is 15.1. The van der Waals surface area contributed by atoms with E-state index in [0.29, 0.717) is 13.0 Å². The summed E-state index contributed by atoms with van der Waals surface area (Å²) in [7, 11) is 0. The van der Waals surface area contributed by atoms with E-state index < -0.39 is 5.79 Å². The van der Waals surface area contributed by atoms with Crippen LogP contribution in [0, 0.1) is 0 Å². The smallest absolute Gasteiger partial charge is 0.168 e. The van der Waals surface area contributed by atoms with Crippen LogP contribution >= 0.6 is 0 Å². The third-order valence-electron chi connectivity index (χ3n) is 5.67. The molecule has 2 aromatic carbocycles. The fourth-order valence-corrected chi connectivity index (χ4v) is 4.23. The Morgan fingerprint density at radius 3 is 2.31 bits per heavy atom. The molecule has 1 aliphatic heterocycles. The molecule has 3 heteroatoms. The van der Waals surface area contributed by atoms with Gasteiger partial charge in [0, 0.05) is 30.7 Å². The zero-order valence-electron chi connectivity index (χ0n) is 15.1. The summed E-state index contributed by atoms with van der Waals surface area (Å²) in [5, 5.41) is 0. The molecule has 0 radical (unpaired) electrons. The van der Waals surface area contributed by atoms with Crippen LogP contribution in [0.1, 0.15) is 60.4 Å². The maximum atomic E-state index is 12.9. The first kappa shape index (κ1) is 17.4. The van der Waals surface area contributed by atoms with E-state index in [2.05, 4.69) is 12.1 Å². The van der Waals surface area contributed by atoms with E-state index in [0.717, 1.165) is 36.8 Å². The van der Waals surface area contributed by atoms with Crippen molar-refractivity contribution in [3.05, 3.63) is 71.8 Å². The van der Waals surface area contributed by atoms with Gasteiger partial charge >= 0.3 is 0 Å². The molecule has 0 amide bonds. The summed E-state index contributed by atoms with van der Waals surface area (Å²) in [6.45, 7) is 0.571. The minimum atomic E-state index is -0.411. The highest BCUT2D eigenvalue weighted by atomic mass is 16.7. The number of benzene rings is 2. The Hall–Kier alpha value is -1.97. The van der Waals surface area contributed by atoms with Crippen LogP contribution in [0.2, 0.25) is 0 Å². The van der Waals surface area contributed by atoms with Crippen molar-refractivity contribution in [3.8, 4) is 0 Å². The van der Waals surface area contributed by atoms with Gasteiger partial charge in [0.2, 0.25) is 0 Å². The normalized spacial score (nSPS) is 23.0. The molecule has 3 nitrogen and oxygen atoms in total. The Labute approximate surface area is 155 Å². The van der Waals surface area contributed by atoms with Crippen LogP contribution in [-0.2, 0) is 9.47 Å². The minimum absolute atomic E-state index is 0.0187. The highest BCUT2D eigenvalue weighted by Gasteiger charge is 2.45. The maximum Gasteiger partial charge on any atom is 0.168 e. The molecule has 0 bridgehead atoms. The van der Waals surface area contributed by atoms with Gasteiger partial charge in [-0.3, -0.25) is 4.79 Å². The molecule has 26 heavy (non-hydrogen) atoms. The van der Waals surface area contributed by atoms with E-state index in [1.54, 1.807) is 0 Å². The van der Waals surface area contributed by atoms with Gasteiger partial charge < -0.3 is 9.47 Å². The summed E-state index contributed by atoms with van der Waals surface area (Å²) in [5.41, 5.74) is 1.91. The second-order valence-electron chi connectivity index (χ2n) is 7.45. The molecule has 1 heterocycles. The van der Waals surface area contributed by atoms with Crippen molar-refractivity contribution in [3.63, 3.8) is 0 Å². The van der Waals surface area contributed by atoms with Crippen molar-refractivity contribution < 1.29 is 14.3 Å². The highest BCUT2D eigenvalue weighted by molar-refractivity contribution is 5.96. The molecule has 0 N–H and O–H groups in total. The summed E-state index contributed by atoms with van der Waals surface area (Å²) in [6.07, 6.45) is 5.89. The molecule has 1 spiro atoms. The predicted molar refractivity (Wildman–Crippen MR) is 101 cm³/mol. The van der Waals surface area contributed by atoms with Crippen molar-refractivity contribution in [2.24, 2.45) is 0 Å². The predicted octanol–water partition coefficient (Wildman–Crippen LogP) is 5.12. The maximum absolute atomic E-state index is 12.9. The Kier molecular flexibility index (Phi) is 5.18. The molecule has 136 valence electrons. The van der Waals surface area contributed by atoms with Gasteiger partial charge in [-0.15, -0.1) is 0 Å². The number of hydrogen-bond acceptors (Lipinski definition) is 3. The molecule has 2 aromatic rings. The molecule has 0 aromatic heterocycles. The van der Waals surface area contributed by atoms with E-state index in [-0.39, 0.29) is 17.8 Å². The molecule has 1 saturated carbocycles. The molecule has 1 aliphatic carbocycles. The third kappa shape index (κ3) is 3.74. The number of carbonyl (C=O) groups excluding carboxylic acids is 1. The summed E-state index contributed by atoms with van der Waals surface area (Å²) in [6, 6.07) is 19.8. The van der Waals surface area contributed by atoms with Crippen LogP contribution in [-0.4, -0.2) is 24.3 Å². The first-order chi connectivity index (χ1) is 12.8. The molecule has 0 unspecified atom stereocenters. The average Bonchev–Trinajstić information content (AvgIpc) is 3.10. The van der Waals surface area contributed by atoms with Crippen LogP contribution < -0.4 is 0 Å². The highest BCUT2D eigenvalue weighted by Crippen LogP contribution is 2.42. The average molecular weight is 350 g/mol. The Bertz CT molecular complexity index is 720. The monoisotopic (exact) mass is 350 g/mol. The topological polar surface area (TPSA) is 35.5 Å². The van der Waals surface area contributed by atoms with Gasteiger partial charge in [-0.1, -0.05) is 67.1 Å². The number of ketones is 1. The summed E-state index contributed by atoms with van der Waals surface area (Å²) in [4.78, 5) is 12.9. The second-order valence-corrected chi connectivity index (χ2v) is 7.45. The van der Waals surface area contributed by atoms with Crippen molar-refractivity contribution in [2.45, 2.75) is 56.3 Å². The molecule has 4 rings (SSSR count). The molecule has 2 fully saturated rings. The second kappa shape index (κ2) is 7.73. The van der Waals surface area contributed by atoms with E-state index in [9.17, 15) is 4.79 Å². The van der Waals surface area contributed by atoms with Crippen molar-refractivity contribution in [2.75, 3.05) is 6.61 Å². The number of Topliss-reactive ketones (excluding diaryl/α,β-unsaturated/α-hetero) is 1. The largest absolute Gasteiger partial charge is 0.347 e. The van der Waals surface area contributed by atoms with Gasteiger partial charge in [-0.2, -0.15) is 0 Å². The summed E-state index contributed by atoms with van der Waals surface area (Å²) in [5.74, 6) is -0.232. The van der Waals surface area contributed by atoms with Gasteiger partial charge in [0.1, 0.15) is 0 Å². The lowest BCUT2D eigenvalue weighted by Gasteiger charge is -2.33. The summed E-state index contributed by atoms with van der Waals surface area (Å²) >= 11 is 0. The quantitative estimate of drug-likeness (QED) is 0.702. The lowest BCUT2D eigenvalue weighted by molar-refractivity contribution is -0.188. The number of carbonyl (C=O) groups is 1. The van der Waals surface area contributed by atoms with Crippen molar-refractivity contribution in [1.29, 1.82) is 0 Å². The van der Waals surface area contributed by atoms with Crippen LogP contribution in [0.3, 0.4) is 0 Å². The van der Waals surface area contributed by atoms with Gasteiger partial charge in [-0.05, 0) is 18.4 Å². The van der Waals surface area contributed by atoms with E-state index in [1.165, 1.54) is 6.42 Å². The fraction of sp³-hybridized carbons (Fsp3) is 0.435. The fourth-order valence-electron chi connectivity index (χ4n) is 4.23. The Balaban J connectivity index is 1.55. The van der Waals surface area contributed by atoms with Gasteiger partial charge in [0.25, 0.3) is 0 Å². The lowest BCUT2D eigenvalue weighted by Crippen LogP contribution is -2.34. The Morgan fingerprint density at radius 1 is 0.962 bits per heavy atom. The van der Waals surface area contributed by atoms with Crippen molar-refractivity contribution in [1.82, 2.24) is 0 Å². The standard InChI is InChI=1S/C23H26O3/c24-21(19-12-6-2-7-13-19)16-20(18-10-4-1-5-11-18)22-17-25-23(26-22)14-8-3-9-15-23/h1-2,4-7,10-13,20,22H,3,8-9,14-17H2/t20-,22+/m0/s1. The molecular formula is C23H26O3. The molecule has 1 saturated heterocycles. The van der Waals surface area contributed by atoms with Crippen molar-refractivity contribution >= 4 is 5.78 Å². The van der Waals surface area contributed by atoms with Gasteiger partial charge in [-0.25, -0.2) is 0 Å². The number of hydrogen-bond donors (Lipinski definition) is 0. The van der Waals surface area contributed by atoms with E-state index in [4.69, 9.17) is 9.47 Å². The molecule has 2 atom stereocenters. The third-order valence-corrected chi connectivity index (χ3v) is 5.67. The van der Waals surface area contributed by atoms with Gasteiger partial charge in [0.05, 0.1) is 12.7 Å². The summed E-state index contributed by atoms with van der Waals surface area (Å²) < 4.78 is 12.6. The number of rotatable bonds is 5.